The Morgan fingerprint density at radius 3 is 2.32 bits per heavy atom. The maximum Gasteiger partial charge on any atom is 0.253 e. The summed E-state index contributed by atoms with van der Waals surface area (Å²) in [4.78, 5) is 32.8. The third-order valence-electron chi connectivity index (χ3n) is 8.06. The van der Waals surface area contributed by atoms with Gasteiger partial charge in [-0.05, 0) is 75.8 Å². The van der Waals surface area contributed by atoms with Gasteiger partial charge in [0.1, 0.15) is 5.82 Å². The van der Waals surface area contributed by atoms with Crippen molar-refractivity contribution in [3.05, 3.63) is 35.6 Å². The number of piperidine rings is 1. The second-order valence-corrected chi connectivity index (χ2v) is 10.3. The SMILES string of the molecule is C[C@@H]1CCCCN1CCCNC(=O)[C@H](C1CCCC1)N1CCN(C(=O)c2ccc(F)cc2)CC1. The van der Waals surface area contributed by atoms with E-state index in [2.05, 4.69) is 22.0 Å². The molecule has 2 aliphatic heterocycles. The van der Waals surface area contributed by atoms with Crippen LogP contribution in [0.25, 0.3) is 0 Å². The maximum absolute atomic E-state index is 13.3. The Bertz CT molecular complexity index is 803. The highest BCUT2D eigenvalue weighted by Gasteiger charge is 2.37. The number of hydrogen-bond donors (Lipinski definition) is 1. The number of likely N-dealkylation sites (tertiary alicyclic amines) is 1. The van der Waals surface area contributed by atoms with Gasteiger partial charge in [-0.15, -0.1) is 0 Å². The summed E-state index contributed by atoms with van der Waals surface area (Å²) in [6, 6.07) is 6.31. The van der Waals surface area contributed by atoms with Gasteiger partial charge in [-0.2, -0.15) is 0 Å². The van der Waals surface area contributed by atoms with Crippen LogP contribution in [-0.4, -0.2) is 84.4 Å². The molecule has 2 amide bonds. The second kappa shape index (κ2) is 12.1. The van der Waals surface area contributed by atoms with Gasteiger partial charge in [0, 0.05) is 50.9 Å². The highest BCUT2D eigenvalue weighted by Crippen LogP contribution is 2.31. The van der Waals surface area contributed by atoms with Gasteiger partial charge in [0.05, 0.1) is 6.04 Å². The minimum Gasteiger partial charge on any atom is -0.355 e. The predicted octanol–water partition coefficient (Wildman–Crippen LogP) is 3.52. The standard InChI is InChI=1S/C27H41FN4O2/c1-21-7-4-5-15-30(21)16-6-14-29-26(33)25(22-8-2-3-9-22)31-17-19-32(20-18-31)27(34)23-10-12-24(28)13-11-23/h10-13,21-22,25H,2-9,14-20H2,1H3,(H,29,33)/t21-,25+/m1/s1. The number of benzene rings is 1. The summed E-state index contributed by atoms with van der Waals surface area (Å²) < 4.78 is 13.2. The zero-order valence-electron chi connectivity index (χ0n) is 20.7. The van der Waals surface area contributed by atoms with E-state index in [9.17, 15) is 14.0 Å². The van der Waals surface area contributed by atoms with Crippen LogP contribution in [0.2, 0.25) is 0 Å². The molecule has 2 saturated heterocycles. The van der Waals surface area contributed by atoms with Crippen molar-refractivity contribution in [2.24, 2.45) is 5.92 Å². The lowest BCUT2D eigenvalue weighted by atomic mass is 9.95. The molecule has 1 N–H and O–H groups in total. The first-order valence-corrected chi connectivity index (χ1v) is 13.3. The first kappa shape index (κ1) is 25.1. The largest absolute Gasteiger partial charge is 0.355 e. The molecule has 0 spiro atoms. The molecular formula is C27H41FN4O2. The topological polar surface area (TPSA) is 55.9 Å². The molecule has 0 aromatic heterocycles. The lowest BCUT2D eigenvalue weighted by Gasteiger charge is -2.41. The van der Waals surface area contributed by atoms with Crippen molar-refractivity contribution in [3.63, 3.8) is 0 Å². The maximum atomic E-state index is 13.3. The lowest BCUT2D eigenvalue weighted by molar-refractivity contribution is -0.129. The molecule has 1 aliphatic carbocycles. The van der Waals surface area contributed by atoms with E-state index in [1.165, 1.54) is 50.8 Å². The van der Waals surface area contributed by atoms with Gasteiger partial charge in [-0.3, -0.25) is 14.5 Å². The van der Waals surface area contributed by atoms with Crippen molar-refractivity contribution in [2.75, 3.05) is 45.8 Å². The molecule has 188 valence electrons. The third-order valence-corrected chi connectivity index (χ3v) is 8.06. The number of amides is 2. The van der Waals surface area contributed by atoms with Crippen LogP contribution < -0.4 is 5.32 Å². The fraction of sp³-hybridized carbons (Fsp3) is 0.704. The van der Waals surface area contributed by atoms with Gasteiger partial charge in [0.2, 0.25) is 5.91 Å². The molecule has 2 atom stereocenters. The van der Waals surface area contributed by atoms with Crippen LogP contribution >= 0.6 is 0 Å². The molecule has 0 bridgehead atoms. The first-order chi connectivity index (χ1) is 16.5. The molecule has 1 saturated carbocycles. The Morgan fingerprint density at radius 2 is 1.65 bits per heavy atom. The van der Waals surface area contributed by atoms with Crippen LogP contribution in [0.15, 0.2) is 24.3 Å². The summed E-state index contributed by atoms with van der Waals surface area (Å²) in [5.74, 6) is 0.170. The Balaban J connectivity index is 1.28. The molecule has 0 radical (unpaired) electrons. The van der Waals surface area contributed by atoms with Crippen LogP contribution in [0.5, 0.6) is 0 Å². The van der Waals surface area contributed by atoms with Gasteiger partial charge >= 0.3 is 0 Å². The van der Waals surface area contributed by atoms with Gasteiger partial charge < -0.3 is 15.1 Å². The van der Waals surface area contributed by atoms with Crippen molar-refractivity contribution >= 4 is 11.8 Å². The normalized spacial score (nSPS) is 23.7. The van der Waals surface area contributed by atoms with E-state index in [-0.39, 0.29) is 23.7 Å². The zero-order chi connectivity index (χ0) is 23.9. The number of nitrogens with zero attached hydrogens (tertiary/aromatic N) is 3. The van der Waals surface area contributed by atoms with E-state index in [0.717, 1.165) is 32.4 Å². The summed E-state index contributed by atoms with van der Waals surface area (Å²) in [7, 11) is 0. The average Bonchev–Trinajstić information content (AvgIpc) is 3.38. The number of piperazine rings is 1. The molecule has 3 fully saturated rings. The number of carbonyl (C=O) groups is 2. The van der Waals surface area contributed by atoms with Crippen LogP contribution in [0.4, 0.5) is 4.39 Å². The van der Waals surface area contributed by atoms with E-state index in [1.54, 1.807) is 12.1 Å². The molecule has 3 aliphatic rings. The molecule has 1 aromatic carbocycles. The number of rotatable bonds is 8. The minimum atomic E-state index is -0.336. The highest BCUT2D eigenvalue weighted by molar-refractivity contribution is 5.94. The van der Waals surface area contributed by atoms with E-state index in [1.807, 2.05) is 4.90 Å². The van der Waals surface area contributed by atoms with Crippen molar-refractivity contribution in [3.8, 4) is 0 Å². The Labute approximate surface area is 203 Å². The minimum absolute atomic E-state index is 0.0616. The highest BCUT2D eigenvalue weighted by atomic mass is 19.1. The number of hydrogen-bond acceptors (Lipinski definition) is 4. The second-order valence-electron chi connectivity index (χ2n) is 10.3. The summed E-state index contributed by atoms with van der Waals surface area (Å²) in [5, 5.41) is 3.25. The molecular weight excluding hydrogens is 431 g/mol. The van der Waals surface area contributed by atoms with E-state index in [4.69, 9.17) is 0 Å². The molecule has 6 nitrogen and oxygen atoms in total. The van der Waals surface area contributed by atoms with Crippen LogP contribution in [-0.2, 0) is 4.79 Å². The molecule has 34 heavy (non-hydrogen) atoms. The van der Waals surface area contributed by atoms with Crippen LogP contribution in [0.3, 0.4) is 0 Å². The fourth-order valence-electron chi connectivity index (χ4n) is 6.02. The van der Waals surface area contributed by atoms with E-state index < -0.39 is 0 Å². The third kappa shape index (κ3) is 6.36. The van der Waals surface area contributed by atoms with Gasteiger partial charge in [0.15, 0.2) is 0 Å². The summed E-state index contributed by atoms with van der Waals surface area (Å²) in [5.41, 5.74) is 0.517. The summed E-state index contributed by atoms with van der Waals surface area (Å²) >= 11 is 0. The average molecular weight is 473 g/mol. The number of nitrogens with one attached hydrogen (secondary N) is 1. The quantitative estimate of drug-likeness (QED) is 0.588. The Morgan fingerprint density at radius 1 is 0.971 bits per heavy atom. The first-order valence-electron chi connectivity index (χ1n) is 13.3. The number of carbonyl (C=O) groups excluding carboxylic acids is 2. The molecule has 4 rings (SSSR count). The fourth-order valence-corrected chi connectivity index (χ4v) is 6.02. The van der Waals surface area contributed by atoms with Crippen molar-refractivity contribution in [1.29, 1.82) is 0 Å². The van der Waals surface area contributed by atoms with Gasteiger partial charge in [-0.25, -0.2) is 4.39 Å². The molecule has 2 heterocycles. The lowest BCUT2D eigenvalue weighted by Crippen LogP contribution is -2.58. The van der Waals surface area contributed by atoms with Crippen LogP contribution in [0.1, 0.15) is 68.6 Å². The van der Waals surface area contributed by atoms with Crippen molar-refractivity contribution < 1.29 is 14.0 Å². The zero-order valence-corrected chi connectivity index (χ0v) is 20.7. The number of halogens is 1. The van der Waals surface area contributed by atoms with Crippen molar-refractivity contribution in [1.82, 2.24) is 20.0 Å². The van der Waals surface area contributed by atoms with Crippen LogP contribution in [0, 0.1) is 11.7 Å². The Kier molecular flexibility index (Phi) is 8.95. The summed E-state index contributed by atoms with van der Waals surface area (Å²) in [6.45, 7) is 7.88. The Hall–Kier alpha value is -1.99. The van der Waals surface area contributed by atoms with Crippen molar-refractivity contribution in [2.45, 2.75) is 70.4 Å². The van der Waals surface area contributed by atoms with Gasteiger partial charge in [-0.1, -0.05) is 19.3 Å². The van der Waals surface area contributed by atoms with E-state index >= 15 is 0 Å². The molecule has 0 unspecified atom stereocenters. The smallest absolute Gasteiger partial charge is 0.253 e. The molecule has 7 heteroatoms. The predicted molar refractivity (Wildman–Crippen MR) is 132 cm³/mol. The van der Waals surface area contributed by atoms with Gasteiger partial charge in [0.25, 0.3) is 5.91 Å². The summed E-state index contributed by atoms with van der Waals surface area (Å²) in [6.07, 6.45) is 9.51. The monoisotopic (exact) mass is 472 g/mol. The molecule has 1 aromatic rings. The van der Waals surface area contributed by atoms with E-state index in [0.29, 0.717) is 43.7 Å².